The first-order chi connectivity index (χ1) is 9.69. The normalized spacial score (nSPS) is 21.9. The summed E-state index contributed by atoms with van der Waals surface area (Å²) in [7, 11) is 0. The molecule has 1 aliphatic heterocycles. The van der Waals surface area contributed by atoms with Crippen LogP contribution in [0.25, 0.3) is 0 Å². The van der Waals surface area contributed by atoms with Crippen LogP contribution in [-0.4, -0.2) is 34.1 Å². The highest BCUT2D eigenvalue weighted by atomic mass is 16.4. The molecule has 3 rings (SSSR count). The number of aromatic nitrogens is 2. The third kappa shape index (κ3) is 2.62. The Morgan fingerprint density at radius 1 is 1.10 bits per heavy atom. The molecular formula is C15H21N3O2. The van der Waals surface area contributed by atoms with Crippen LogP contribution in [0.5, 0.6) is 0 Å². The molecule has 0 unspecified atom stereocenters. The van der Waals surface area contributed by atoms with Crippen LogP contribution < -0.4 is 4.90 Å². The monoisotopic (exact) mass is 275 g/mol. The molecule has 1 aliphatic carbocycles. The van der Waals surface area contributed by atoms with Crippen molar-refractivity contribution in [3.8, 4) is 0 Å². The Balaban J connectivity index is 1.68. The lowest BCUT2D eigenvalue weighted by Gasteiger charge is -2.44. The van der Waals surface area contributed by atoms with Crippen molar-refractivity contribution >= 4 is 11.8 Å². The van der Waals surface area contributed by atoms with Crippen LogP contribution in [0.1, 0.15) is 55.4 Å². The number of carboxylic acid groups (broad SMARTS) is 1. The zero-order valence-electron chi connectivity index (χ0n) is 11.7. The lowest BCUT2D eigenvalue weighted by molar-refractivity contribution is 0.0690. The van der Waals surface area contributed by atoms with Crippen molar-refractivity contribution in [2.24, 2.45) is 5.41 Å². The number of piperidine rings is 1. The molecule has 1 N–H and O–H groups in total. The van der Waals surface area contributed by atoms with E-state index in [1.54, 1.807) is 6.20 Å². The lowest BCUT2D eigenvalue weighted by Crippen LogP contribution is -2.41. The second kappa shape index (κ2) is 5.38. The zero-order valence-corrected chi connectivity index (χ0v) is 11.7. The molecule has 2 aliphatic rings. The smallest absolute Gasteiger partial charge is 0.356 e. The molecule has 0 atom stereocenters. The van der Waals surface area contributed by atoms with E-state index in [1.807, 2.05) is 0 Å². The van der Waals surface area contributed by atoms with Crippen molar-refractivity contribution in [1.29, 1.82) is 0 Å². The van der Waals surface area contributed by atoms with E-state index in [2.05, 4.69) is 14.9 Å². The fraction of sp³-hybridized carbons (Fsp3) is 0.667. The van der Waals surface area contributed by atoms with Crippen molar-refractivity contribution in [3.63, 3.8) is 0 Å². The van der Waals surface area contributed by atoms with Crippen LogP contribution >= 0.6 is 0 Å². The number of anilines is 1. The first-order valence-electron chi connectivity index (χ1n) is 7.49. The number of hydrogen-bond donors (Lipinski definition) is 1. The molecule has 1 saturated carbocycles. The largest absolute Gasteiger partial charge is 0.476 e. The molecule has 108 valence electrons. The topological polar surface area (TPSA) is 66.3 Å². The Morgan fingerprint density at radius 2 is 1.80 bits per heavy atom. The summed E-state index contributed by atoms with van der Waals surface area (Å²) in [6.07, 6.45) is 12.2. The van der Waals surface area contributed by atoms with Crippen molar-refractivity contribution in [2.45, 2.75) is 44.9 Å². The van der Waals surface area contributed by atoms with Gasteiger partial charge in [-0.25, -0.2) is 9.78 Å². The molecule has 2 fully saturated rings. The van der Waals surface area contributed by atoms with E-state index in [0.29, 0.717) is 11.2 Å². The molecule has 1 saturated heterocycles. The van der Waals surface area contributed by atoms with E-state index in [4.69, 9.17) is 5.11 Å². The van der Waals surface area contributed by atoms with E-state index in [0.717, 1.165) is 13.1 Å². The molecule has 0 bridgehead atoms. The highest BCUT2D eigenvalue weighted by Gasteiger charge is 2.35. The van der Waals surface area contributed by atoms with E-state index in [-0.39, 0.29) is 5.69 Å². The van der Waals surface area contributed by atoms with Gasteiger partial charge in [-0.2, -0.15) is 0 Å². The number of carbonyl (C=O) groups is 1. The minimum atomic E-state index is -1.01. The summed E-state index contributed by atoms with van der Waals surface area (Å²) in [6.45, 7) is 1.94. The first kappa shape index (κ1) is 13.3. The Kier molecular flexibility index (Phi) is 3.59. The third-order valence-electron chi connectivity index (χ3n) is 4.90. The molecule has 5 nitrogen and oxygen atoms in total. The molecule has 20 heavy (non-hydrogen) atoms. The summed E-state index contributed by atoms with van der Waals surface area (Å²) in [5, 5.41) is 8.99. The van der Waals surface area contributed by atoms with Crippen molar-refractivity contribution in [1.82, 2.24) is 9.97 Å². The maximum atomic E-state index is 11.0. The number of hydrogen-bond acceptors (Lipinski definition) is 4. The minimum Gasteiger partial charge on any atom is -0.476 e. The van der Waals surface area contributed by atoms with Gasteiger partial charge >= 0.3 is 5.97 Å². The molecule has 1 aromatic rings. The third-order valence-corrected chi connectivity index (χ3v) is 4.90. The highest BCUT2D eigenvalue weighted by Crippen LogP contribution is 2.44. The second-order valence-corrected chi connectivity index (χ2v) is 6.12. The van der Waals surface area contributed by atoms with Gasteiger partial charge < -0.3 is 10.0 Å². The molecule has 1 spiro atoms. The Bertz CT molecular complexity index is 488. The lowest BCUT2D eigenvalue weighted by atomic mass is 9.68. The molecule has 0 amide bonds. The van der Waals surface area contributed by atoms with Gasteiger partial charge in [0, 0.05) is 13.1 Å². The fourth-order valence-electron chi connectivity index (χ4n) is 3.62. The Hall–Kier alpha value is -1.65. The maximum absolute atomic E-state index is 11.0. The van der Waals surface area contributed by atoms with Gasteiger partial charge in [0.25, 0.3) is 0 Å². The zero-order chi connectivity index (χ0) is 14.0. The predicted octanol–water partition coefficient (Wildman–Crippen LogP) is 2.73. The van der Waals surface area contributed by atoms with Gasteiger partial charge in [0.1, 0.15) is 5.82 Å². The number of nitrogens with zero attached hydrogens (tertiary/aromatic N) is 3. The number of rotatable bonds is 2. The van der Waals surface area contributed by atoms with Crippen molar-refractivity contribution < 1.29 is 9.90 Å². The van der Waals surface area contributed by atoms with Crippen LogP contribution in [0, 0.1) is 5.41 Å². The predicted molar refractivity (Wildman–Crippen MR) is 76.0 cm³/mol. The summed E-state index contributed by atoms with van der Waals surface area (Å²) in [5.74, 6) is -0.310. The van der Waals surface area contributed by atoms with Gasteiger partial charge in [0.15, 0.2) is 5.69 Å². The summed E-state index contributed by atoms with van der Waals surface area (Å²) in [4.78, 5) is 21.3. The Morgan fingerprint density at radius 3 is 2.45 bits per heavy atom. The minimum absolute atomic E-state index is 0.0282. The van der Waals surface area contributed by atoms with Gasteiger partial charge in [-0.1, -0.05) is 19.3 Å². The van der Waals surface area contributed by atoms with Gasteiger partial charge in [0.05, 0.1) is 12.4 Å². The van der Waals surface area contributed by atoms with E-state index in [9.17, 15) is 4.79 Å². The highest BCUT2D eigenvalue weighted by molar-refractivity contribution is 5.85. The molecule has 5 heteroatoms. The van der Waals surface area contributed by atoms with Crippen LogP contribution in [0.3, 0.4) is 0 Å². The molecule has 0 radical (unpaired) electrons. The quantitative estimate of drug-likeness (QED) is 0.899. The van der Waals surface area contributed by atoms with Crippen molar-refractivity contribution in [3.05, 3.63) is 18.1 Å². The second-order valence-electron chi connectivity index (χ2n) is 6.12. The molecular weight excluding hydrogens is 254 g/mol. The van der Waals surface area contributed by atoms with Gasteiger partial charge in [-0.05, 0) is 31.1 Å². The van der Waals surface area contributed by atoms with Gasteiger partial charge in [0.2, 0.25) is 0 Å². The molecule has 1 aromatic heterocycles. The standard InChI is InChI=1S/C15H21N3O2/c19-14(20)12-10-16-11-13(17-12)18-8-6-15(7-9-18)4-2-1-3-5-15/h10-11H,1-9H2,(H,19,20). The van der Waals surface area contributed by atoms with Gasteiger partial charge in [-0.3, -0.25) is 4.98 Å². The average Bonchev–Trinajstić information content (AvgIpc) is 2.49. The summed E-state index contributed by atoms with van der Waals surface area (Å²) >= 11 is 0. The fourth-order valence-corrected chi connectivity index (χ4v) is 3.62. The maximum Gasteiger partial charge on any atom is 0.356 e. The van der Waals surface area contributed by atoms with E-state index >= 15 is 0 Å². The van der Waals surface area contributed by atoms with Crippen LogP contribution in [-0.2, 0) is 0 Å². The van der Waals surface area contributed by atoms with Crippen LogP contribution in [0.4, 0.5) is 5.82 Å². The summed E-state index contributed by atoms with van der Waals surface area (Å²) < 4.78 is 0. The SMILES string of the molecule is O=C(O)c1cncc(N2CCC3(CCCCC3)CC2)n1. The summed E-state index contributed by atoms with van der Waals surface area (Å²) in [6, 6.07) is 0. The molecule has 0 aromatic carbocycles. The molecule has 2 heterocycles. The summed E-state index contributed by atoms with van der Waals surface area (Å²) in [5.41, 5.74) is 0.576. The van der Waals surface area contributed by atoms with Crippen LogP contribution in [0.2, 0.25) is 0 Å². The van der Waals surface area contributed by atoms with E-state index in [1.165, 1.54) is 51.1 Å². The van der Waals surface area contributed by atoms with Crippen molar-refractivity contribution in [2.75, 3.05) is 18.0 Å². The van der Waals surface area contributed by atoms with Crippen LogP contribution in [0.15, 0.2) is 12.4 Å². The average molecular weight is 275 g/mol. The number of carboxylic acids is 1. The number of aromatic carboxylic acids is 1. The van der Waals surface area contributed by atoms with Gasteiger partial charge in [-0.15, -0.1) is 0 Å². The van der Waals surface area contributed by atoms with E-state index < -0.39 is 5.97 Å². The first-order valence-corrected chi connectivity index (χ1v) is 7.49. The Labute approximate surface area is 119 Å².